The minimum Gasteiger partial charge on any atom is -0.390 e. The zero-order valence-corrected chi connectivity index (χ0v) is 17.5. The van der Waals surface area contributed by atoms with Crippen LogP contribution in [-0.2, 0) is 24.2 Å². The van der Waals surface area contributed by atoms with Crippen LogP contribution in [0.3, 0.4) is 0 Å². The third kappa shape index (κ3) is 3.32. The molecular formula is C23H20ClF2N3O2. The van der Waals surface area contributed by atoms with E-state index in [9.17, 15) is 18.7 Å². The number of benzene rings is 2. The zero-order chi connectivity index (χ0) is 21.9. The second-order valence-corrected chi connectivity index (χ2v) is 8.53. The van der Waals surface area contributed by atoms with Gasteiger partial charge in [-0.25, -0.2) is 8.78 Å². The first kappa shape index (κ1) is 20.2. The molecule has 2 aromatic carbocycles. The molecule has 1 aromatic heterocycles. The molecular weight excluding hydrogens is 424 g/mol. The molecule has 0 saturated carbocycles. The van der Waals surface area contributed by atoms with Crippen LogP contribution in [0.4, 0.5) is 8.78 Å². The van der Waals surface area contributed by atoms with E-state index >= 15 is 0 Å². The Morgan fingerprint density at radius 3 is 2.77 bits per heavy atom. The number of aromatic nitrogens is 2. The Bertz CT molecular complexity index is 1210. The SMILES string of the molecule is CC(=O)N1CCc2c(c(-c3cccc(Cl)c3)nn2[C@H]2c3cc(F)cc(F)c3C[C@H]2O)C1. The van der Waals surface area contributed by atoms with Gasteiger partial charge in [0.15, 0.2) is 0 Å². The lowest BCUT2D eigenvalue weighted by molar-refractivity contribution is -0.129. The van der Waals surface area contributed by atoms with E-state index in [2.05, 4.69) is 0 Å². The molecule has 2 aliphatic rings. The molecule has 1 aliphatic carbocycles. The van der Waals surface area contributed by atoms with E-state index in [0.717, 1.165) is 22.9 Å². The van der Waals surface area contributed by atoms with Gasteiger partial charge in [-0.05, 0) is 29.3 Å². The van der Waals surface area contributed by atoms with E-state index in [1.807, 2.05) is 12.1 Å². The molecule has 0 unspecified atom stereocenters. The lowest BCUT2D eigenvalue weighted by Gasteiger charge is -2.28. The third-order valence-corrected chi connectivity index (χ3v) is 6.42. The summed E-state index contributed by atoms with van der Waals surface area (Å²) in [5.74, 6) is -1.38. The average Bonchev–Trinajstić information content (AvgIpc) is 3.25. The topological polar surface area (TPSA) is 58.4 Å². The van der Waals surface area contributed by atoms with Gasteiger partial charge in [-0.15, -0.1) is 0 Å². The smallest absolute Gasteiger partial charge is 0.219 e. The van der Waals surface area contributed by atoms with Crippen molar-refractivity contribution in [2.45, 2.75) is 38.5 Å². The summed E-state index contributed by atoms with van der Waals surface area (Å²) in [6.07, 6.45) is -0.320. The fourth-order valence-corrected chi connectivity index (χ4v) is 4.93. The van der Waals surface area contributed by atoms with Gasteiger partial charge in [0.05, 0.1) is 11.8 Å². The van der Waals surface area contributed by atoms with Crippen molar-refractivity contribution in [3.05, 3.63) is 75.4 Å². The fourth-order valence-electron chi connectivity index (χ4n) is 4.74. The molecule has 160 valence electrons. The van der Waals surface area contributed by atoms with E-state index in [4.69, 9.17) is 16.7 Å². The number of nitrogens with zero attached hydrogens (tertiary/aromatic N) is 3. The van der Waals surface area contributed by atoms with Gasteiger partial charge in [0.25, 0.3) is 0 Å². The lowest BCUT2D eigenvalue weighted by atomic mass is 10.00. The summed E-state index contributed by atoms with van der Waals surface area (Å²) in [5, 5.41) is 16.2. The van der Waals surface area contributed by atoms with Gasteiger partial charge in [0.1, 0.15) is 17.7 Å². The van der Waals surface area contributed by atoms with Crippen molar-refractivity contribution in [1.29, 1.82) is 0 Å². The molecule has 31 heavy (non-hydrogen) atoms. The monoisotopic (exact) mass is 443 g/mol. The Morgan fingerprint density at radius 2 is 2.03 bits per heavy atom. The summed E-state index contributed by atoms with van der Waals surface area (Å²) >= 11 is 6.19. The van der Waals surface area contributed by atoms with Gasteiger partial charge >= 0.3 is 0 Å². The van der Waals surface area contributed by atoms with Gasteiger partial charge in [-0.2, -0.15) is 5.10 Å². The predicted octanol–water partition coefficient (Wildman–Crippen LogP) is 3.89. The molecule has 8 heteroatoms. The Labute approximate surface area is 182 Å². The number of halogens is 3. The first-order chi connectivity index (χ1) is 14.8. The van der Waals surface area contributed by atoms with E-state index in [1.54, 1.807) is 21.7 Å². The van der Waals surface area contributed by atoms with E-state index in [-0.39, 0.29) is 12.3 Å². The number of fused-ring (bicyclic) bond motifs is 2. The second kappa shape index (κ2) is 7.43. The normalized spacial score (nSPS) is 20.0. The number of hydrogen-bond donors (Lipinski definition) is 1. The van der Waals surface area contributed by atoms with Crippen LogP contribution in [0, 0.1) is 11.6 Å². The Balaban J connectivity index is 1.70. The minimum atomic E-state index is -0.937. The summed E-state index contributed by atoms with van der Waals surface area (Å²) < 4.78 is 30.1. The number of aliphatic hydroxyl groups excluding tert-OH is 1. The van der Waals surface area contributed by atoms with Gasteiger partial charge in [-0.1, -0.05) is 23.7 Å². The van der Waals surface area contributed by atoms with Gasteiger partial charge < -0.3 is 10.0 Å². The summed E-state index contributed by atoms with van der Waals surface area (Å²) in [6.45, 7) is 2.41. The van der Waals surface area contributed by atoms with Crippen molar-refractivity contribution < 1.29 is 18.7 Å². The fraction of sp³-hybridized carbons (Fsp3) is 0.304. The van der Waals surface area contributed by atoms with Crippen LogP contribution in [-0.4, -0.2) is 38.3 Å². The average molecular weight is 444 g/mol. The number of carbonyl (C=O) groups excluding carboxylic acids is 1. The van der Waals surface area contributed by atoms with E-state index < -0.39 is 23.8 Å². The number of carbonyl (C=O) groups is 1. The van der Waals surface area contributed by atoms with Crippen LogP contribution >= 0.6 is 11.6 Å². The molecule has 2 atom stereocenters. The van der Waals surface area contributed by atoms with Crippen LogP contribution < -0.4 is 0 Å². The van der Waals surface area contributed by atoms with Crippen molar-refractivity contribution in [3.63, 3.8) is 0 Å². The Morgan fingerprint density at radius 1 is 1.23 bits per heavy atom. The molecule has 5 nitrogen and oxygen atoms in total. The standard InChI is InChI=1S/C23H20ClF2N3O2/c1-12(30)28-6-5-20-18(11-28)22(13-3-2-4-14(24)7-13)27-29(20)23-17-8-15(25)9-19(26)16(17)10-21(23)31/h2-4,7-9,21,23,31H,5-6,10-11H2,1H3/t21-,23+/m1/s1. The number of amides is 1. The zero-order valence-electron chi connectivity index (χ0n) is 16.8. The minimum absolute atomic E-state index is 0.0363. The van der Waals surface area contributed by atoms with E-state index in [0.29, 0.717) is 41.4 Å². The van der Waals surface area contributed by atoms with Crippen LogP contribution in [0.15, 0.2) is 36.4 Å². The van der Waals surface area contributed by atoms with Crippen LogP contribution in [0.25, 0.3) is 11.3 Å². The first-order valence-electron chi connectivity index (χ1n) is 10.1. The number of hydrogen-bond acceptors (Lipinski definition) is 3. The van der Waals surface area contributed by atoms with Crippen LogP contribution in [0.1, 0.15) is 35.3 Å². The van der Waals surface area contributed by atoms with Gasteiger partial charge in [-0.3, -0.25) is 9.48 Å². The molecule has 1 aliphatic heterocycles. The molecule has 0 spiro atoms. The molecule has 0 bridgehead atoms. The largest absolute Gasteiger partial charge is 0.390 e. The van der Waals surface area contributed by atoms with Crippen molar-refractivity contribution in [1.82, 2.24) is 14.7 Å². The highest BCUT2D eigenvalue weighted by Gasteiger charge is 2.39. The molecule has 5 rings (SSSR count). The lowest BCUT2D eigenvalue weighted by Crippen LogP contribution is -2.35. The highest BCUT2D eigenvalue weighted by Crippen LogP contribution is 2.40. The van der Waals surface area contributed by atoms with Gasteiger partial charge in [0.2, 0.25) is 5.91 Å². The maximum atomic E-state index is 14.4. The summed E-state index contributed by atoms with van der Waals surface area (Å²) in [7, 11) is 0. The quantitative estimate of drug-likeness (QED) is 0.653. The van der Waals surface area contributed by atoms with Crippen molar-refractivity contribution >= 4 is 17.5 Å². The Hall–Kier alpha value is -2.77. The van der Waals surface area contributed by atoms with Crippen molar-refractivity contribution in [3.8, 4) is 11.3 Å². The molecule has 2 heterocycles. The summed E-state index contributed by atoms with van der Waals surface area (Å²) in [5.41, 5.74) is 3.87. The van der Waals surface area contributed by atoms with Crippen LogP contribution in [0.5, 0.6) is 0 Å². The maximum absolute atomic E-state index is 14.4. The van der Waals surface area contributed by atoms with Crippen LogP contribution in [0.2, 0.25) is 5.02 Å². The molecule has 0 fully saturated rings. The summed E-state index contributed by atoms with van der Waals surface area (Å²) in [6, 6.07) is 8.67. The molecule has 3 aromatic rings. The van der Waals surface area contributed by atoms with Crippen molar-refractivity contribution in [2.75, 3.05) is 6.54 Å². The highest BCUT2D eigenvalue weighted by atomic mass is 35.5. The first-order valence-corrected chi connectivity index (χ1v) is 10.5. The molecule has 1 N–H and O–H groups in total. The van der Waals surface area contributed by atoms with Gasteiger partial charge in [0, 0.05) is 60.8 Å². The van der Waals surface area contributed by atoms with Crippen molar-refractivity contribution in [2.24, 2.45) is 0 Å². The number of aliphatic hydroxyl groups is 1. The Kier molecular flexibility index (Phi) is 4.83. The third-order valence-electron chi connectivity index (χ3n) is 6.18. The molecule has 0 radical (unpaired) electrons. The number of rotatable bonds is 2. The summed E-state index contributed by atoms with van der Waals surface area (Å²) in [4.78, 5) is 13.8. The second-order valence-electron chi connectivity index (χ2n) is 8.09. The van der Waals surface area contributed by atoms with E-state index in [1.165, 1.54) is 13.0 Å². The predicted molar refractivity (Wildman–Crippen MR) is 112 cm³/mol. The molecule has 0 saturated heterocycles. The maximum Gasteiger partial charge on any atom is 0.219 e. The highest BCUT2D eigenvalue weighted by molar-refractivity contribution is 6.30. The molecule has 1 amide bonds.